The van der Waals surface area contributed by atoms with E-state index in [0.29, 0.717) is 0 Å². The molecule has 4 nitrogen and oxygen atoms in total. The SMILES string of the molecule is CCCC(OC)c1nc(C)c2c(n1)CCC(CNC)C2. The minimum absolute atomic E-state index is 0.0408. The highest BCUT2D eigenvalue weighted by Crippen LogP contribution is 2.28. The van der Waals surface area contributed by atoms with Gasteiger partial charge >= 0.3 is 0 Å². The smallest absolute Gasteiger partial charge is 0.157 e. The number of hydrogen-bond donors (Lipinski definition) is 1. The lowest BCUT2D eigenvalue weighted by atomic mass is 9.85. The van der Waals surface area contributed by atoms with Gasteiger partial charge in [-0.2, -0.15) is 0 Å². The Bertz CT molecular complexity index is 448. The van der Waals surface area contributed by atoms with E-state index in [1.54, 1.807) is 7.11 Å². The van der Waals surface area contributed by atoms with Gasteiger partial charge in [-0.05, 0) is 57.7 Å². The zero-order chi connectivity index (χ0) is 14.5. The Morgan fingerprint density at radius 2 is 2.20 bits per heavy atom. The molecule has 1 aliphatic carbocycles. The molecule has 0 aliphatic heterocycles. The van der Waals surface area contributed by atoms with Gasteiger partial charge in [0.25, 0.3) is 0 Å². The maximum absolute atomic E-state index is 5.55. The number of aromatic nitrogens is 2. The van der Waals surface area contributed by atoms with E-state index in [2.05, 4.69) is 19.2 Å². The van der Waals surface area contributed by atoms with Crippen LogP contribution in [0.1, 0.15) is 55.1 Å². The summed E-state index contributed by atoms with van der Waals surface area (Å²) in [6.07, 6.45) is 5.50. The number of methoxy groups -OCH3 is 1. The molecule has 0 amide bonds. The molecule has 0 saturated heterocycles. The van der Waals surface area contributed by atoms with Crippen molar-refractivity contribution in [2.45, 2.75) is 52.1 Å². The molecule has 0 spiro atoms. The van der Waals surface area contributed by atoms with E-state index in [9.17, 15) is 0 Å². The highest BCUT2D eigenvalue weighted by molar-refractivity contribution is 5.28. The third-order valence-electron chi connectivity index (χ3n) is 4.22. The fourth-order valence-electron chi connectivity index (χ4n) is 3.10. The third-order valence-corrected chi connectivity index (χ3v) is 4.22. The lowest BCUT2D eigenvalue weighted by molar-refractivity contribution is 0.0871. The Balaban J connectivity index is 2.23. The van der Waals surface area contributed by atoms with Crippen molar-refractivity contribution in [3.8, 4) is 0 Å². The number of hydrogen-bond acceptors (Lipinski definition) is 4. The van der Waals surface area contributed by atoms with Crippen molar-refractivity contribution in [3.63, 3.8) is 0 Å². The van der Waals surface area contributed by atoms with Crippen molar-refractivity contribution in [2.24, 2.45) is 5.92 Å². The first-order chi connectivity index (χ1) is 9.69. The number of nitrogens with one attached hydrogen (secondary N) is 1. The zero-order valence-electron chi connectivity index (χ0n) is 13.2. The highest BCUT2D eigenvalue weighted by Gasteiger charge is 2.24. The minimum Gasteiger partial charge on any atom is -0.373 e. The van der Waals surface area contributed by atoms with Gasteiger partial charge in [-0.25, -0.2) is 9.97 Å². The second kappa shape index (κ2) is 7.14. The third kappa shape index (κ3) is 3.36. The van der Waals surface area contributed by atoms with Crippen molar-refractivity contribution in [2.75, 3.05) is 20.7 Å². The number of nitrogens with zero attached hydrogens (tertiary/aromatic N) is 2. The van der Waals surface area contributed by atoms with Crippen molar-refractivity contribution < 1.29 is 4.74 Å². The molecule has 0 bridgehead atoms. The molecule has 0 aromatic carbocycles. The second-order valence-corrected chi connectivity index (χ2v) is 5.77. The molecule has 1 aliphatic rings. The summed E-state index contributed by atoms with van der Waals surface area (Å²) in [5.41, 5.74) is 3.76. The Morgan fingerprint density at radius 1 is 1.40 bits per heavy atom. The molecule has 1 heterocycles. The van der Waals surface area contributed by atoms with Crippen LogP contribution in [0.4, 0.5) is 0 Å². The van der Waals surface area contributed by atoms with Gasteiger partial charge in [0.1, 0.15) is 6.10 Å². The first-order valence-corrected chi connectivity index (χ1v) is 7.73. The summed E-state index contributed by atoms with van der Waals surface area (Å²) >= 11 is 0. The lowest BCUT2D eigenvalue weighted by Crippen LogP contribution is -2.27. The van der Waals surface area contributed by atoms with Crippen molar-refractivity contribution in [1.82, 2.24) is 15.3 Å². The van der Waals surface area contributed by atoms with E-state index in [1.807, 2.05) is 7.05 Å². The van der Waals surface area contributed by atoms with Gasteiger partial charge in [0.2, 0.25) is 0 Å². The van der Waals surface area contributed by atoms with Gasteiger partial charge < -0.3 is 10.1 Å². The van der Waals surface area contributed by atoms with Gasteiger partial charge in [0.15, 0.2) is 5.82 Å². The van der Waals surface area contributed by atoms with Crippen LogP contribution in [0.3, 0.4) is 0 Å². The van der Waals surface area contributed by atoms with Crippen LogP contribution in [-0.2, 0) is 17.6 Å². The summed E-state index contributed by atoms with van der Waals surface area (Å²) in [5.74, 6) is 1.59. The van der Waals surface area contributed by atoms with Crippen LogP contribution >= 0.6 is 0 Å². The van der Waals surface area contributed by atoms with Gasteiger partial charge in [0, 0.05) is 18.5 Å². The number of rotatable bonds is 6. The van der Waals surface area contributed by atoms with Crippen LogP contribution in [-0.4, -0.2) is 30.7 Å². The standard InChI is InChI=1S/C16H27N3O/c1-5-6-15(20-4)16-18-11(2)13-9-12(10-17-3)7-8-14(13)19-16/h12,15,17H,5-10H2,1-4H3. The van der Waals surface area contributed by atoms with Gasteiger partial charge in [0.05, 0.1) is 0 Å². The average Bonchev–Trinajstić information content (AvgIpc) is 2.45. The first kappa shape index (κ1) is 15.4. The van der Waals surface area contributed by atoms with Crippen LogP contribution in [0.2, 0.25) is 0 Å². The zero-order valence-corrected chi connectivity index (χ0v) is 13.2. The molecule has 20 heavy (non-hydrogen) atoms. The quantitative estimate of drug-likeness (QED) is 0.868. The highest BCUT2D eigenvalue weighted by atomic mass is 16.5. The maximum Gasteiger partial charge on any atom is 0.157 e. The van der Waals surface area contributed by atoms with E-state index in [4.69, 9.17) is 14.7 Å². The summed E-state index contributed by atoms with van der Waals surface area (Å²) in [6, 6.07) is 0. The summed E-state index contributed by atoms with van der Waals surface area (Å²) in [5, 5.41) is 3.28. The molecule has 2 rings (SSSR count). The van der Waals surface area contributed by atoms with E-state index >= 15 is 0 Å². The van der Waals surface area contributed by atoms with Crippen molar-refractivity contribution in [1.29, 1.82) is 0 Å². The molecule has 0 fully saturated rings. The molecule has 0 saturated carbocycles. The minimum atomic E-state index is 0.0408. The largest absolute Gasteiger partial charge is 0.373 e. The molecule has 2 unspecified atom stereocenters. The summed E-state index contributed by atoms with van der Waals surface area (Å²) in [7, 11) is 3.78. The van der Waals surface area contributed by atoms with E-state index in [1.165, 1.54) is 17.7 Å². The average molecular weight is 277 g/mol. The second-order valence-electron chi connectivity index (χ2n) is 5.77. The molecular weight excluding hydrogens is 250 g/mol. The molecule has 0 radical (unpaired) electrons. The van der Waals surface area contributed by atoms with Crippen LogP contribution in [0.15, 0.2) is 0 Å². The molecule has 4 heteroatoms. The molecular formula is C16H27N3O. The number of ether oxygens (including phenoxy) is 1. The summed E-state index contributed by atoms with van der Waals surface area (Å²) < 4.78 is 5.55. The molecule has 1 aromatic rings. The topological polar surface area (TPSA) is 47.0 Å². The molecule has 112 valence electrons. The monoisotopic (exact) mass is 277 g/mol. The number of fused-ring (bicyclic) bond motifs is 1. The Morgan fingerprint density at radius 3 is 2.85 bits per heavy atom. The molecule has 1 aromatic heterocycles. The Hall–Kier alpha value is -1.00. The molecule has 2 atom stereocenters. The van der Waals surface area contributed by atoms with Crippen LogP contribution in [0.5, 0.6) is 0 Å². The summed E-state index contributed by atoms with van der Waals surface area (Å²) in [4.78, 5) is 9.52. The normalized spacial score (nSPS) is 19.7. The fraction of sp³-hybridized carbons (Fsp3) is 0.750. The van der Waals surface area contributed by atoms with E-state index < -0.39 is 0 Å². The van der Waals surface area contributed by atoms with Crippen LogP contribution < -0.4 is 5.32 Å². The Labute approximate surface area is 122 Å². The van der Waals surface area contributed by atoms with Gasteiger partial charge in [-0.15, -0.1) is 0 Å². The van der Waals surface area contributed by atoms with Crippen LogP contribution in [0.25, 0.3) is 0 Å². The summed E-state index contributed by atoms with van der Waals surface area (Å²) in [6.45, 7) is 5.36. The van der Waals surface area contributed by atoms with Gasteiger partial charge in [-0.3, -0.25) is 0 Å². The van der Waals surface area contributed by atoms with Crippen LogP contribution in [0, 0.1) is 12.8 Å². The lowest BCUT2D eigenvalue weighted by Gasteiger charge is -2.26. The fourth-order valence-corrected chi connectivity index (χ4v) is 3.10. The number of aryl methyl sites for hydroxylation is 2. The van der Waals surface area contributed by atoms with E-state index in [0.717, 1.165) is 49.7 Å². The maximum atomic E-state index is 5.55. The van der Waals surface area contributed by atoms with Gasteiger partial charge in [-0.1, -0.05) is 13.3 Å². The predicted octanol–water partition coefficient (Wildman–Crippen LogP) is 2.60. The van der Waals surface area contributed by atoms with Crippen molar-refractivity contribution >= 4 is 0 Å². The predicted molar refractivity (Wildman–Crippen MR) is 80.9 cm³/mol. The van der Waals surface area contributed by atoms with Crippen molar-refractivity contribution in [3.05, 3.63) is 22.8 Å². The Kier molecular flexibility index (Phi) is 5.49. The first-order valence-electron chi connectivity index (χ1n) is 7.73. The van der Waals surface area contributed by atoms with E-state index in [-0.39, 0.29) is 6.10 Å². The molecule has 1 N–H and O–H groups in total.